The zero-order chi connectivity index (χ0) is 18.5. The molecule has 3 rings (SSSR count). The highest BCUT2D eigenvalue weighted by Gasteiger charge is 2.26. The van der Waals surface area contributed by atoms with Gasteiger partial charge in [-0.25, -0.2) is 14.0 Å². The first kappa shape index (κ1) is 20.7. The molecular weight excluding hydrogens is 375 g/mol. The number of halogens is 2. The Balaban J connectivity index is 0.00000261. The van der Waals surface area contributed by atoms with Crippen molar-refractivity contribution in [3.63, 3.8) is 0 Å². The van der Waals surface area contributed by atoms with E-state index in [0.717, 1.165) is 31.9 Å². The van der Waals surface area contributed by atoms with Crippen molar-refractivity contribution in [3.05, 3.63) is 41.0 Å². The number of benzene rings is 1. The molecule has 0 aromatic heterocycles. The normalized spacial score (nSPS) is 19.3. The summed E-state index contributed by atoms with van der Waals surface area (Å²) in [6, 6.07) is 3.86. The van der Waals surface area contributed by atoms with Crippen LogP contribution in [0.15, 0.2) is 29.6 Å². The van der Waals surface area contributed by atoms with Crippen molar-refractivity contribution in [3.8, 4) is 0 Å². The number of amides is 1. The first-order valence-electron chi connectivity index (χ1n) is 8.44. The quantitative estimate of drug-likeness (QED) is 0.649. The minimum atomic E-state index is -0.649. The van der Waals surface area contributed by atoms with Gasteiger partial charge >= 0.3 is 0 Å². The van der Waals surface area contributed by atoms with Crippen LogP contribution in [0.3, 0.4) is 0 Å². The van der Waals surface area contributed by atoms with Gasteiger partial charge in [-0.1, -0.05) is 0 Å². The van der Waals surface area contributed by atoms with E-state index < -0.39 is 17.8 Å². The number of piperazine rings is 1. The standard InChI is InChI=1S/C18H19FN4O3.ClH/c19-15-9-13(23-7-5-20-6-8-23)2-3-14(15)18(26)22-16-4-1-12(10-24)21-17(16)11-25;/h2-3,9,16,20-21H,1,4-8H2,(H,22,26);1H/t16-;/m0./s1. The summed E-state index contributed by atoms with van der Waals surface area (Å²) in [5.74, 6) is 2.13. The Bertz CT molecular complexity index is 813. The Morgan fingerprint density at radius 2 is 1.96 bits per heavy atom. The number of nitrogens with zero attached hydrogens (tertiary/aromatic N) is 1. The van der Waals surface area contributed by atoms with Gasteiger partial charge in [0.2, 0.25) is 0 Å². The molecule has 1 atom stereocenters. The number of carbonyl (C=O) groups is 1. The van der Waals surface area contributed by atoms with Gasteiger partial charge in [0.15, 0.2) is 0 Å². The molecule has 27 heavy (non-hydrogen) atoms. The summed E-state index contributed by atoms with van der Waals surface area (Å²) < 4.78 is 14.4. The van der Waals surface area contributed by atoms with Gasteiger partial charge in [0.05, 0.1) is 11.6 Å². The molecule has 0 saturated carbocycles. The third-order valence-electron chi connectivity index (χ3n) is 4.53. The molecule has 2 aliphatic rings. The van der Waals surface area contributed by atoms with E-state index in [1.807, 2.05) is 4.90 Å². The number of piperidine rings is 1. The van der Waals surface area contributed by atoms with Crippen molar-refractivity contribution in [2.45, 2.75) is 18.9 Å². The van der Waals surface area contributed by atoms with Crippen LogP contribution in [-0.2, 0) is 9.59 Å². The minimum Gasteiger partial charge on any atom is -0.369 e. The summed E-state index contributed by atoms with van der Waals surface area (Å²) in [5, 5.41) is 8.43. The molecule has 3 N–H and O–H groups in total. The van der Waals surface area contributed by atoms with E-state index >= 15 is 0 Å². The predicted molar refractivity (Wildman–Crippen MR) is 101 cm³/mol. The molecule has 0 bridgehead atoms. The van der Waals surface area contributed by atoms with E-state index in [4.69, 9.17) is 0 Å². The number of hydrogen-bond acceptors (Lipinski definition) is 6. The van der Waals surface area contributed by atoms with Crippen LogP contribution in [0.25, 0.3) is 0 Å². The SMILES string of the molecule is Cl.O=C=C1CC[C@H](NC(=O)c2ccc(N3CCNCC3)cc2F)C(=C=O)N1. The summed E-state index contributed by atoms with van der Waals surface area (Å²) in [6.45, 7) is 3.21. The maximum atomic E-state index is 14.4. The highest BCUT2D eigenvalue weighted by Crippen LogP contribution is 2.21. The summed E-state index contributed by atoms with van der Waals surface area (Å²) >= 11 is 0. The van der Waals surface area contributed by atoms with Gasteiger partial charge in [-0.15, -0.1) is 12.4 Å². The molecule has 1 amide bonds. The van der Waals surface area contributed by atoms with Crippen molar-refractivity contribution >= 4 is 35.9 Å². The van der Waals surface area contributed by atoms with Crippen molar-refractivity contribution in [1.82, 2.24) is 16.0 Å². The van der Waals surface area contributed by atoms with E-state index in [2.05, 4.69) is 16.0 Å². The second-order valence-electron chi connectivity index (χ2n) is 6.19. The Morgan fingerprint density at radius 1 is 1.22 bits per heavy atom. The van der Waals surface area contributed by atoms with Crippen LogP contribution in [-0.4, -0.2) is 50.0 Å². The Kier molecular flexibility index (Phi) is 7.16. The zero-order valence-corrected chi connectivity index (χ0v) is 15.3. The molecule has 1 aromatic rings. The fourth-order valence-electron chi connectivity index (χ4n) is 3.11. The van der Waals surface area contributed by atoms with Crippen molar-refractivity contribution in [2.75, 3.05) is 31.1 Å². The third-order valence-corrected chi connectivity index (χ3v) is 4.53. The van der Waals surface area contributed by atoms with E-state index in [9.17, 15) is 18.8 Å². The fraction of sp³-hybridized carbons (Fsp3) is 0.389. The lowest BCUT2D eigenvalue weighted by Crippen LogP contribution is -2.44. The highest BCUT2D eigenvalue weighted by molar-refractivity contribution is 5.95. The van der Waals surface area contributed by atoms with Gasteiger partial charge in [-0.2, -0.15) is 0 Å². The van der Waals surface area contributed by atoms with E-state index in [0.29, 0.717) is 12.8 Å². The summed E-state index contributed by atoms with van der Waals surface area (Å²) in [5.41, 5.74) is 0.918. The molecule has 9 heteroatoms. The minimum absolute atomic E-state index is 0. The molecule has 144 valence electrons. The predicted octanol–water partition coefficient (Wildman–Crippen LogP) is 0.570. The van der Waals surface area contributed by atoms with Gasteiger partial charge in [0.1, 0.15) is 29.1 Å². The Labute approximate surface area is 162 Å². The van der Waals surface area contributed by atoms with Crippen LogP contribution in [0.1, 0.15) is 23.2 Å². The third kappa shape index (κ3) is 4.76. The molecule has 0 radical (unpaired) electrons. The first-order chi connectivity index (χ1) is 12.6. The fourth-order valence-corrected chi connectivity index (χ4v) is 3.11. The van der Waals surface area contributed by atoms with E-state index in [1.54, 1.807) is 17.9 Å². The highest BCUT2D eigenvalue weighted by atomic mass is 35.5. The molecule has 0 spiro atoms. The van der Waals surface area contributed by atoms with Gasteiger partial charge in [-0.3, -0.25) is 4.79 Å². The van der Waals surface area contributed by atoms with Crippen molar-refractivity contribution in [2.24, 2.45) is 0 Å². The number of allylic oxidation sites excluding steroid dienone is 1. The average Bonchev–Trinajstić information content (AvgIpc) is 2.68. The van der Waals surface area contributed by atoms with E-state index in [-0.39, 0.29) is 29.4 Å². The summed E-state index contributed by atoms with van der Waals surface area (Å²) in [6.07, 6.45) is 0.679. The van der Waals surface area contributed by atoms with Crippen LogP contribution < -0.4 is 20.9 Å². The zero-order valence-electron chi connectivity index (χ0n) is 14.5. The Morgan fingerprint density at radius 3 is 2.59 bits per heavy atom. The summed E-state index contributed by atoms with van der Waals surface area (Å²) in [4.78, 5) is 36.2. The second kappa shape index (κ2) is 9.35. The smallest absolute Gasteiger partial charge is 0.254 e. The monoisotopic (exact) mass is 394 g/mol. The van der Waals surface area contributed by atoms with Gasteiger partial charge in [-0.05, 0) is 24.6 Å². The maximum absolute atomic E-state index is 14.4. The lowest BCUT2D eigenvalue weighted by molar-refractivity contribution is 0.0935. The summed E-state index contributed by atoms with van der Waals surface area (Å²) in [7, 11) is 0. The van der Waals surface area contributed by atoms with Crippen molar-refractivity contribution in [1.29, 1.82) is 0 Å². The molecule has 1 aromatic carbocycles. The van der Waals surface area contributed by atoms with Crippen LogP contribution in [0.4, 0.5) is 10.1 Å². The second-order valence-corrected chi connectivity index (χ2v) is 6.19. The number of nitrogens with one attached hydrogen (secondary N) is 3. The molecule has 2 saturated heterocycles. The van der Waals surface area contributed by atoms with Crippen LogP contribution in [0, 0.1) is 5.82 Å². The number of anilines is 1. The van der Waals surface area contributed by atoms with Crippen LogP contribution >= 0.6 is 12.4 Å². The molecule has 0 aliphatic carbocycles. The lowest BCUT2D eigenvalue weighted by Gasteiger charge is -2.29. The molecular formula is C18H20ClFN4O3. The molecule has 2 heterocycles. The molecule has 2 fully saturated rings. The number of rotatable bonds is 3. The lowest BCUT2D eigenvalue weighted by atomic mass is 10.0. The largest absolute Gasteiger partial charge is 0.369 e. The Hall–Kier alpha value is -2.63. The topological polar surface area (TPSA) is 90.5 Å². The van der Waals surface area contributed by atoms with Crippen molar-refractivity contribution < 1.29 is 18.8 Å². The van der Waals surface area contributed by atoms with Gasteiger partial charge < -0.3 is 20.9 Å². The number of carbonyl (C=O) groups excluding carboxylic acids is 3. The molecule has 0 unspecified atom stereocenters. The first-order valence-corrected chi connectivity index (χ1v) is 8.44. The molecule has 7 nitrogen and oxygen atoms in total. The van der Waals surface area contributed by atoms with Crippen LogP contribution in [0.2, 0.25) is 0 Å². The molecule has 2 aliphatic heterocycles. The van der Waals surface area contributed by atoms with Gasteiger partial charge in [0.25, 0.3) is 5.91 Å². The number of hydrogen-bond donors (Lipinski definition) is 3. The van der Waals surface area contributed by atoms with Gasteiger partial charge in [0, 0.05) is 38.3 Å². The average molecular weight is 395 g/mol. The van der Waals surface area contributed by atoms with E-state index in [1.165, 1.54) is 12.1 Å². The maximum Gasteiger partial charge on any atom is 0.254 e. The van der Waals surface area contributed by atoms with Crippen LogP contribution in [0.5, 0.6) is 0 Å².